The molecule has 2 aromatic carbocycles. The van der Waals surface area contributed by atoms with Gasteiger partial charge in [-0.05, 0) is 42.5 Å². The summed E-state index contributed by atoms with van der Waals surface area (Å²) >= 11 is 0. The van der Waals surface area contributed by atoms with Crippen molar-refractivity contribution in [3.63, 3.8) is 0 Å². The Kier molecular flexibility index (Phi) is 4.34. The first-order chi connectivity index (χ1) is 9.81. The first-order valence-electron chi connectivity index (χ1n) is 7.63. The van der Waals surface area contributed by atoms with Gasteiger partial charge in [-0.15, -0.1) is 0 Å². The zero-order valence-electron chi connectivity index (χ0n) is 12.1. The summed E-state index contributed by atoms with van der Waals surface area (Å²) in [6.07, 6.45) is 3.37. The number of rotatable bonds is 4. The number of hydrogen-bond donors (Lipinski definition) is 1. The van der Waals surface area contributed by atoms with Crippen LogP contribution in [0.5, 0.6) is 0 Å². The number of fused-ring (bicyclic) bond motifs is 1. The topological polar surface area (TPSA) is 21.3 Å². The van der Waals surface area contributed by atoms with Gasteiger partial charge in [0.05, 0.1) is 0 Å². The van der Waals surface area contributed by atoms with Crippen LogP contribution in [0.1, 0.15) is 25.3 Å². The smallest absolute Gasteiger partial charge is 0.0480 e. The average molecular weight is 269 g/mol. The molecule has 0 amide bonds. The first-order valence-corrected chi connectivity index (χ1v) is 7.63. The fourth-order valence-electron chi connectivity index (χ4n) is 3.04. The van der Waals surface area contributed by atoms with Gasteiger partial charge in [0, 0.05) is 25.3 Å². The highest BCUT2D eigenvalue weighted by Gasteiger charge is 2.15. The minimum absolute atomic E-state index is 0.513. The van der Waals surface area contributed by atoms with Crippen LogP contribution >= 0.6 is 0 Å². The van der Waals surface area contributed by atoms with Crippen LogP contribution in [-0.4, -0.2) is 25.3 Å². The van der Waals surface area contributed by atoms with Gasteiger partial charge in [0.15, 0.2) is 0 Å². The Labute approximate surface area is 121 Å². The summed E-state index contributed by atoms with van der Waals surface area (Å²) < 4.78 is 5.41. The average Bonchev–Trinajstić information content (AvgIpc) is 2.48. The van der Waals surface area contributed by atoms with Gasteiger partial charge in [0.1, 0.15) is 0 Å². The van der Waals surface area contributed by atoms with Crippen LogP contribution in [0.3, 0.4) is 0 Å². The third-order valence-corrected chi connectivity index (χ3v) is 4.10. The van der Waals surface area contributed by atoms with E-state index < -0.39 is 0 Å². The molecule has 2 nitrogen and oxygen atoms in total. The number of benzene rings is 2. The van der Waals surface area contributed by atoms with Crippen molar-refractivity contribution in [3.05, 3.63) is 48.0 Å². The van der Waals surface area contributed by atoms with Gasteiger partial charge in [0.25, 0.3) is 0 Å². The third kappa shape index (κ3) is 3.38. The monoisotopic (exact) mass is 269 g/mol. The number of nitrogens with one attached hydrogen (secondary N) is 1. The molecule has 0 unspecified atom stereocenters. The van der Waals surface area contributed by atoms with Crippen LogP contribution in [0.2, 0.25) is 0 Å². The zero-order chi connectivity index (χ0) is 13.8. The normalized spacial score (nSPS) is 18.2. The van der Waals surface area contributed by atoms with E-state index in [-0.39, 0.29) is 0 Å². The van der Waals surface area contributed by atoms with Gasteiger partial charge in [-0.25, -0.2) is 0 Å². The minimum atomic E-state index is 0.513. The van der Waals surface area contributed by atoms with E-state index in [1.54, 1.807) is 0 Å². The number of ether oxygens (including phenoxy) is 1. The summed E-state index contributed by atoms with van der Waals surface area (Å²) in [5, 5.41) is 6.39. The summed E-state index contributed by atoms with van der Waals surface area (Å²) in [6, 6.07) is 16.5. The van der Waals surface area contributed by atoms with Crippen LogP contribution in [-0.2, 0) is 11.2 Å². The maximum absolute atomic E-state index is 5.41. The van der Waals surface area contributed by atoms with Gasteiger partial charge in [-0.3, -0.25) is 0 Å². The summed E-state index contributed by atoms with van der Waals surface area (Å²) in [5.74, 6) is 0. The molecule has 0 aliphatic carbocycles. The lowest BCUT2D eigenvalue weighted by Crippen LogP contribution is -2.41. The van der Waals surface area contributed by atoms with Crippen LogP contribution in [0.15, 0.2) is 42.5 Å². The Bertz CT molecular complexity index is 560. The Hall–Kier alpha value is -1.38. The highest BCUT2D eigenvalue weighted by atomic mass is 16.5. The maximum atomic E-state index is 5.41. The lowest BCUT2D eigenvalue weighted by Gasteiger charge is -2.26. The van der Waals surface area contributed by atoms with Gasteiger partial charge >= 0.3 is 0 Å². The highest BCUT2D eigenvalue weighted by Crippen LogP contribution is 2.17. The van der Waals surface area contributed by atoms with Gasteiger partial charge in [0.2, 0.25) is 0 Å². The molecule has 1 aliphatic heterocycles. The van der Waals surface area contributed by atoms with E-state index in [9.17, 15) is 0 Å². The van der Waals surface area contributed by atoms with Crippen molar-refractivity contribution in [2.45, 2.75) is 38.3 Å². The largest absolute Gasteiger partial charge is 0.381 e. The molecule has 2 heteroatoms. The Morgan fingerprint density at radius 1 is 1.10 bits per heavy atom. The van der Waals surface area contributed by atoms with Crippen molar-refractivity contribution in [3.8, 4) is 0 Å². The Morgan fingerprint density at radius 2 is 1.85 bits per heavy atom. The minimum Gasteiger partial charge on any atom is -0.381 e. The fraction of sp³-hybridized carbons (Fsp3) is 0.444. The van der Waals surface area contributed by atoms with Crippen molar-refractivity contribution < 1.29 is 4.74 Å². The second-order valence-electron chi connectivity index (χ2n) is 5.84. The van der Waals surface area contributed by atoms with E-state index >= 15 is 0 Å². The quantitative estimate of drug-likeness (QED) is 0.916. The van der Waals surface area contributed by atoms with Crippen LogP contribution < -0.4 is 5.32 Å². The molecular weight excluding hydrogens is 246 g/mol. The molecule has 1 aliphatic rings. The van der Waals surface area contributed by atoms with Gasteiger partial charge in [-0.2, -0.15) is 0 Å². The molecule has 1 heterocycles. The van der Waals surface area contributed by atoms with E-state index in [2.05, 4.69) is 54.7 Å². The van der Waals surface area contributed by atoms with Crippen molar-refractivity contribution in [1.29, 1.82) is 0 Å². The van der Waals surface area contributed by atoms with E-state index in [1.807, 2.05) is 0 Å². The molecule has 0 aromatic heterocycles. The molecular formula is C18H23NO. The predicted octanol–water partition coefficient (Wildman–Crippen LogP) is 3.54. The van der Waals surface area contributed by atoms with Crippen molar-refractivity contribution in [2.75, 3.05) is 13.2 Å². The van der Waals surface area contributed by atoms with E-state index in [1.165, 1.54) is 16.3 Å². The first kappa shape index (κ1) is 13.6. The molecule has 1 fully saturated rings. The van der Waals surface area contributed by atoms with Gasteiger partial charge < -0.3 is 10.1 Å². The molecule has 106 valence electrons. The molecule has 20 heavy (non-hydrogen) atoms. The summed E-state index contributed by atoms with van der Waals surface area (Å²) in [5.41, 5.74) is 1.41. The SMILES string of the molecule is C[C@H](Cc1ccc2ccccc2c1)NC1CCOCC1. The molecule has 2 aromatic rings. The third-order valence-electron chi connectivity index (χ3n) is 4.10. The molecule has 0 radical (unpaired) electrons. The zero-order valence-corrected chi connectivity index (χ0v) is 12.1. The van der Waals surface area contributed by atoms with E-state index in [0.29, 0.717) is 12.1 Å². The standard InChI is InChI=1S/C18H23NO/c1-14(19-18-8-10-20-11-9-18)12-15-6-7-16-4-2-3-5-17(16)13-15/h2-7,13-14,18-19H,8-12H2,1H3/t14-/m1/s1. The van der Waals surface area contributed by atoms with Crippen LogP contribution in [0.25, 0.3) is 10.8 Å². The van der Waals surface area contributed by atoms with Crippen molar-refractivity contribution >= 4 is 10.8 Å². The summed E-state index contributed by atoms with van der Waals surface area (Å²) in [4.78, 5) is 0. The maximum Gasteiger partial charge on any atom is 0.0480 e. The molecule has 1 saturated heterocycles. The molecule has 0 bridgehead atoms. The molecule has 0 spiro atoms. The highest BCUT2D eigenvalue weighted by molar-refractivity contribution is 5.82. The van der Waals surface area contributed by atoms with Gasteiger partial charge in [-0.1, -0.05) is 42.5 Å². The van der Waals surface area contributed by atoms with Crippen molar-refractivity contribution in [1.82, 2.24) is 5.32 Å². The lowest BCUT2D eigenvalue weighted by molar-refractivity contribution is 0.0755. The summed E-state index contributed by atoms with van der Waals surface area (Å²) in [6.45, 7) is 4.09. The Balaban J connectivity index is 1.62. The second kappa shape index (κ2) is 6.38. The fourth-order valence-corrected chi connectivity index (χ4v) is 3.04. The molecule has 3 rings (SSSR count). The molecule has 0 saturated carbocycles. The molecule has 1 atom stereocenters. The Morgan fingerprint density at radius 3 is 2.65 bits per heavy atom. The number of hydrogen-bond acceptors (Lipinski definition) is 2. The van der Waals surface area contributed by atoms with Crippen molar-refractivity contribution in [2.24, 2.45) is 0 Å². The lowest BCUT2D eigenvalue weighted by atomic mass is 10.0. The second-order valence-corrected chi connectivity index (χ2v) is 5.84. The van der Waals surface area contributed by atoms with Crippen LogP contribution in [0, 0.1) is 0 Å². The summed E-state index contributed by atoms with van der Waals surface area (Å²) in [7, 11) is 0. The predicted molar refractivity (Wildman–Crippen MR) is 84.1 cm³/mol. The molecule has 1 N–H and O–H groups in total. The van der Waals surface area contributed by atoms with E-state index in [0.717, 1.165) is 32.5 Å². The van der Waals surface area contributed by atoms with Crippen LogP contribution in [0.4, 0.5) is 0 Å². The van der Waals surface area contributed by atoms with E-state index in [4.69, 9.17) is 4.74 Å².